The van der Waals surface area contributed by atoms with Gasteiger partial charge in [0.25, 0.3) is 5.91 Å². The zero-order chi connectivity index (χ0) is 16.7. The number of primary amides is 1. The summed E-state index contributed by atoms with van der Waals surface area (Å²) in [5, 5.41) is 5.81. The van der Waals surface area contributed by atoms with Crippen molar-refractivity contribution in [1.29, 1.82) is 0 Å². The summed E-state index contributed by atoms with van der Waals surface area (Å²) < 4.78 is 5.30. The summed E-state index contributed by atoms with van der Waals surface area (Å²) in [6.07, 6.45) is 4.29. The van der Waals surface area contributed by atoms with Crippen LogP contribution in [-0.2, 0) is 9.53 Å². The molecule has 2 amide bonds. The maximum atomic E-state index is 11.8. The number of carbonyl (C=O) groups excluding carboxylic acids is 2. The van der Waals surface area contributed by atoms with Gasteiger partial charge < -0.3 is 21.1 Å². The minimum atomic E-state index is -0.611. The molecule has 1 aromatic heterocycles. The Bertz CT molecular complexity index is 565. The highest BCUT2D eigenvalue weighted by Gasteiger charge is 2.38. The first-order valence-electron chi connectivity index (χ1n) is 7.54. The molecule has 0 spiro atoms. The minimum absolute atomic E-state index is 0.206. The van der Waals surface area contributed by atoms with Gasteiger partial charge in [0.15, 0.2) is 0 Å². The lowest BCUT2D eigenvalue weighted by molar-refractivity contribution is -0.132. The largest absolute Gasteiger partial charge is 0.381 e. The van der Waals surface area contributed by atoms with Crippen LogP contribution in [0.1, 0.15) is 23.2 Å². The van der Waals surface area contributed by atoms with Crippen LogP contribution in [0.3, 0.4) is 0 Å². The second kappa shape index (κ2) is 7.73. The second-order valence-corrected chi connectivity index (χ2v) is 5.54. The van der Waals surface area contributed by atoms with Gasteiger partial charge in [-0.15, -0.1) is 6.58 Å². The zero-order valence-electron chi connectivity index (χ0n) is 13.0. The molecule has 2 heterocycles. The molecule has 0 aliphatic carbocycles. The standard InChI is InChI=1S/C16H22N4O3/c1-2-7-18-14(21)12-3-4-13(19-10-12)20-11-16(15(17)22)5-8-23-9-6-16/h2-4,10H,1,5-9,11H2,(H2,17,22)(H,18,21)(H,19,20). The summed E-state index contributed by atoms with van der Waals surface area (Å²) in [6, 6.07) is 3.38. The third kappa shape index (κ3) is 4.29. The van der Waals surface area contributed by atoms with E-state index in [4.69, 9.17) is 10.5 Å². The van der Waals surface area contributed by atoms with Gasteiger partial charge in [0, 0.05) is 32.5 Å². The molecule has 0 aromatic carbocycles. The lowest BCUT2D eigenvalue weighted by Gasteiger charge is -2.34. The Morgan fingerprint density at radius 1 is 1.39 bits per heavy atom. The van der Waals surface area contributed by atoms with Crippen LogP contribution in [0.25, 0.3) is 0 Å². The fourth-order valence-corrected chi connectivity index (χ4v) is 2.43. The molecule has 2 rings (SSSR count). The third-order valence-corrected chi connectivity index (χ3v) is 4.01. The molecule has 1 aliphatic heterocycles. The summed E-state index contributed by atoms with van der Waals surface area (Å²) >= 11 is 0. The monoisotopic (exact) mass is 318 g/mol. The fraction of sp³-hybridized carbons (Fsp3) is 0.438. The molecular formula is C16H22N4O3. The van der Waals surface area contributed by atoms with Crippen LogP contribution in [0.4, 0.5) is 5.82 Å². The number of hydrogen-bond donors (Lipinski definition) is 3. The molecular weight excluding hydrogens is 296 g/mol. The van der Waals surface area contributed by atoms with Gasteiger partial charge in [-0.25, -0.2) is 4.98 Å². The summed E-state index contributed by atoms with van der Waals surface area (Å²) in [5.74, 6) is 0.0631. The van der Waals surface area contributed by atoms with E-state index in [1.807, 2.05) is 0 Å². The van der Waals surface area contributed by atoms with Gasteiger partial charge in [-0.05, 0) is 25.0 Å². The van der Waals surface area contributed by atoms with Crippen molar-refractivity contribution in [3.63, 3.8) is 0 Å². The SMILES string of the molecule is C=CCNC(=O)c1ccc(NCC2(C(N)=O)CCOCC2)nc1. The van der Waals surface area contributed by atoms with Crippen LogP contribution in [0, 0.1) is 5.41 Å². The van der Waals surface area contributed by atoms with E-state index >= 15 is 0 Å². The predicted molar refractivity (Wildman–Crippen MR) is 86.9 cm³/mol. The first kappa shape index (κ1) is 17.0. The molecule has 0 saturated carbocycles. The number of ether oxygens (including phenoxy) is 1. The van der Waals surface area contributed by atoms with Crippen molar-refractivity contribution in [1.82, 2.24) is 10.3 Å². The second-order valence-electron chi connectivity index (χ2n) is 5.54. The molecule has 1 aliphatic rings. The number of hydrogen-bond acceptors (Lipinski definition) is 5. The molecule has 0 atom stereocenters. The minimum Gasteiger partial charge on any atom is -0.381 e. The lowest BCUT2D eigenvalue weighted by Crippen LogP contribution is -2.46. The van der Waals surface area contributed by atoms with Crippen molar-refractivity contribution >= 4 is 17.6 Å². The number of anilines is 1. The molecule has 0 radical (unpaired) electrons. The van der Waals surface area contributed by atoms with Crippen LogP contribution < -0.4 is 16.4 Å². The highest BCUT2D eigenvalue weighted by atomic mass is 16.5. The average molecular weight is 318 g/mol. The van der Waals surface area contributed by atoms with Gasteiger partial charge in [-0.1, -0.05) is 6.08 Å². The highest BCUT2D eigenvalue weighted by Crippen LogP contribution is 2.30. The molecule has 1 aromatic rings. The van der Waals surface area contributed by atoms with Crippen molar-refractivity contribution in [3.05, 3.63) is 36.5 Å². The van der Waals surface area contributed by atoms with E-state index < -0.39 is 5.41 Å². The predicted octanol–water partition coefficient (Wildman–Crippen LogP) is 0.691. The van der Waals surface area contributed by atoms with Gasteiger partial charge in [-0.2, -0.15) is 0 Å². The van der Waals surface area contributed by atoms with Crippen LogP contribution in [-0.4, -0.2) is 43.1 Å². The van der Waals surface area contributed by atoms with E-state index in [0.29, 0.717) is 50.5 Å². The van der Waals surface area contributed by atoms with Crippen molar-refractivity contribution in [3.8, 4) is 0 Å². The molecule has 124 valence electrons. The van der Waals surface area contributed by atoms with E-state index in [-0.39, 0.29) is 11.8 Å². The Morgan fingerprint density at radius 2 is 2.13 bits per heavy atom. The van der Waals surface area contributed by atoms with E-state index in [9.17, 15) is 9.59 Å². The number of rotatable bonds is 7. The molecule has 4 N–H and O–H groups in total. The third-order valence-electron chi connectivity index (χ3n) is 4.01. The number of amides is 2. The van der Waals surface area contributed by atoms with Gasteiger partial charge in [0.1, 0.15) is 5.82 Å². The van der Waals surface area contributed by atoms with E-state index in [1.165, 1.54) is 6.20 Å². The topological polar surface area (TPSA) is 106 Å². The van der Waals surface area contributed by atoms with Crippen molar-refractivity contribution in [2.75, 3.05) is 31.6 Å². The number of nitrogens with zero attached hydrogens (tertiary/aromatic N) is 1. The Kier molecular flexibility index (Phi) is 5.70. The first-order chi connectivity index (χ1) is 11.1. The Hall–Kier alpha value is -2.41. The quantitative estimate of drug-likeness (QED) is 0.641. The number of aromatic nitrogens is 1. The van der Waals surface area contributed by atoms with Crippen LogP contribution in [0.5, 0.6) is 0 Å². The average Bonchev–Trinajstić information content (AvgIpc) is 2.59. The maximum Gasteiger partial charge on any atom is 0.253 e. The van der Waals surface area contributed by atoms with E-state index in [1.54, 1.807) is 18.2 Å². The smallest absolute Gasteiger partial charge is 0.253 e. The van der Waals surface area contributed by atoms with Crippen molar-refractivity contribution in [2.45, 2.75) is 12.8 Å². The van der Waals surface area contributed by atoms with Crippen LogP contribution in [0.15, 0.2) is 31.0 Å². The molecule has 7 heteroatoms. The van der Waals surface area contributed by atoms with E-state index in [2.05, 4.69) is 22.2 Å². The van der Waals surface area contributed by atoms with E-state index in [0.717, 1.165) is 0 Å². The molecule has 7 nitrogen and oxygen atoms in total. The number of pyridine rings is 1. The summed E-state index contributed by atoms with van der Waals surface area (Å²) in [7, 11) is 0. The number of carbonyl (C=O) groups is 2. The fourth-order valence-electron chi connectivity index (χ4n) is 2.43. The molecule has 1 fully saturated rings. The Labute approximate surface area is 135 Å². The summed E-state index contributed by atoms with van der Waals surface area (Å²) in [6.45, 7) is 5.41. The van der Waals surface area contributed by atoms with Gasteiger partial charge >= 0.3 is 0 Å². The Balaban J connectivity index is 1.96. The van der Waals surface area contributed by atoms with Gasteiger partial charge in [0.05, 0.1) is 11.0 Å². The number of nitrogens with two attached hydrogens (primary N) is 1. The molecule has 1 saturated heterocycles. The number of nitrogens with one attached hydrogen (secondary N) is 2. The molecule has 23 heavy (non-hydrogen) atoms. The van der Waals surface area contributed by atoms with Gasteiger partial charge in [-0.3, -0.25) is 9.59 Å². The van der Waals surface area contributed by atoms with Crippen molar-refractivity contribution in [2.24, 2.45) is 11.1 Å². The Morgan fingerprint density at radius 3 is 2.70 bits per heavy atom. The first-order valence-corrected chi connectivity index (χ1v) is 7.54. The van der Waals surface area contributed by atoms with Crippen LogP contribution >= 0.6 is 0 Å². The summed E-state index contributed by atoms with van der Waals surface area (Å²) in [5.41, 5.74) is 5.42. The highest BCUT2D eigenvalue weighted by molar-refractivity contribution is 5.94. The molecule has 0 bridgehead atoms. The zero-order valence-corrected chi connectivity index (χ0v) is 13.0. The lowest BCUT2D eigenvalue weighted by atomic mass is 9.79. The summed E-state index contributed by atoms with van der Waals surface area (Å²) in [4.78, 5) is 27.8. The normalized spacial score (nSPS) is 16.3. The maximum absolute atomic E-state index is 11.8. The van der Waals surface area contributed by atoms with Gasteiger partial charge in [0.2, 0.25) is 5.91 Å². The molecule has 0 unspecified atom stereocenters. The van der Waals surface area contributed by atoms with Crippen molar-refractivity contribution < 1.29 is 14.3 Å². The van der Waals surface area contributed by atoms with Crippen LogP contribution in [0.2, 0.25) is 0 Å².